The van der Waals surface area contributed by atoms with Gasteiger partial charge in [0.1, 0.15) is 0 Å². The van der Waals surface area contributed by atoms with Crippen LogP contribution in [0.15, 0.2) is 24.3 Å². The van der Waals surface area contributed by atoms with Gasteiger partial charge in [-0.05, 0) is 31.7 Å². The van der Waals surface area contributed by atoms with Gasteiger partial charge in [-0.25, -0.2) is 0 Å². The fourth-order valence-electron chi connectivity index (χ4n) is 1.26. The zero-order valence-electron chi connectivity index (χ0n) is 10.00. The summed E-state index contributed by atoms with van der Waals surface area (Å²) in [6.07, 6.45) is 0.372. The van der Waals surface area contributed by atoms with Gasteiger partial charge in [-0.1, -0.05) is 23.7 Å². The lowest BCUT2D eigenvalue weighted by Crippen LogP contribution is -2.37. The fraction of sp³-hybridized carbons (Fsp3) is 0.417. The number of hydrogen-bond acceptors (Lipinski definition) is 2. The van der Waals surface area contributed by atoms with Crippen molar-refractivity contribution < 1.29 is 4.79 Å². The Kier molecular flexibility index (Phi) is 7.96. The molecule has 96 valence electrons. The molecule has 0 heterocycles. The van der Waals surface area contributed by atoms with E-state index in [0.29, 0.717) is 18.0 Å². The summed E-state index contributed by atoms with van der Waals surface area (Å²) in [5.74, 6) is 0.0179. The van der Waals surface area contributed by atoms with Crippen LogP contribution in [0.5, 0.6) is 0 Å². The van der Waals surface area contributed by atoms with E-state index < -0.39 is 0 Å². The van der Waals surface area contributed by atoms with E-state index in [-0.39, 0.29) is 24.4 Å². The molecule has 0 fully saturated rings. The molecule has 0 aliphatic carbocycles. The second-order valence-corrected chi connectivity index (χ2v) is 4.24. The number of carbonyl (C=O) groups excluding carboxylic acids is 1. The van der Waals surface area contributed by atoms with E-state index in [1.165, 1.54) is 0 Å². The van der Waals surface area contributed by atoms with E-state index in [9.17, 15) is 4.79 Å². The largest absolute Gasteiger partial charge is 0.354 e. The molecular formula is C12H18Cl2N2O. The summed E-state index contributed by atoms with van der Waals surface area (Å²) in [4.78, 5) is 11.6. The Hall–Kier alpha value is -0.770. The van der Waals surface area contributed by atoms with E-state index in [1.54, 1.807) is 6.07 Å². The molecule has 5 heteroatoms. The van der Waals surface area contributed by atoms with Crippen molar-refractivity contribution in [1.82, 2.24) is 10.6 Å². The molecule has 1 atom stereocenters. The molecule has 0 spiro atoms. The van der Waals surface area contributed by atoms with Gasteiger partial charge in [-0.3, -0.25) is 4.79 Å². The zero-order chi connectivity index (χ0) is 12.0. The van der Waals surface area contributed by atoms with Crippen LogP contribution in [0.3, 0.4) is 0 Å². The number of amides is 1. The van der Waals surface area contributed by atoms with E-state index >= 15 is 0 Å². The van der Waals surface area contributed by atoms with Crippen molar-refractivity contribution in [1.29, 1.82) is 0 Å². The first kappa shape index (κ1) is 16.2. The van der Waals surface area contributed by atoms with Crippen molar-refractivity contribution in [3.8, 4) is 0 Å². The molecule has 2 N–H and O–H groups in total. The highest BCUT2D eigenvalue weighted by atomic mass is 35.5. The van der Waals surface area contributed by atoms with Gasteiger partial charge in [0.2, 0.25) is 5.91 Å². The lowest BCUT2D eigenvalue weighted by atomic mass is 10.1. The maximum Gasteiger partial charge on any atom is 0.224 e. The van der Waals surface area contributed by atoms with Gasteiger partial charge in [0.05, 0.1) is 6.42 Å². The molecule has 0 radical (unpaired) electrons. The average molecular weight is 277 g/mol. The molecule has 0 bridgehead atoms. The number of hydrogen-bond donors (Lipinski definition) is 2. The lowest BCUT2D eigenvalue weighted by molar-refractivity contribution is -0.120. The topological polar surface area (TPSA) is 41.1 Å². The molecular weight excluding hydrogens is 259 g/mol. The Labute approximate surface area is 113 Å². The quantitative estimate of drug-likeness (QED) is 0.864. The van der Waals surface area contributed by atoms with Crippen LogP contribution in [0.1, 0.15) is 12.5 Å². The first-order chi connectivity index (χ1) is 7.61. The van der Waals surface area contributed by atoms with Crippen LogP contribution in [0.4, 0.5) is 0 Å². The minimum absolute atomic E-state index is 0. The van der Waals surface area contributed by atoms with Crippen molar-refractivity contribution >= 4 is 29.9 Å². The predicted octanol–water partition coefficient (Wildman–Crippen LogP) is 2.03. The standard InChI is InChI=1S/C12H17ClN2O.ClH/c1-9(14-2)8-15-12(16)7-10-4-3-5-11(13)6-10;/h3-6,9,14H,7-8H2,1-2H3,(H,15,16);1H. The van der Waals surface area contributed by atoms with Crippen molar-refractivity contribution in [2.75, 3.05) is 13.6 Å². The van der Waals surface area contributed by atoms with Crippen LogP contribution in [0.25, 0.3) is 0 Å². The molecule has 1 aromatic rings. The minimum Gasteiger partial charge on any atom is -0.354 e. The summed E-state index contributed by atoms with van der Waals surface area (Å²) in [6.45, 7) is 2.65. The highest BCUT2D eigenvalue weighted by molar-refractivity contribution is 6.30. The number of carbonyl (C=O) groups is 1. The first-order valence-corrected chi connectivity index (χ1v) is 5.68. The van der Waals surface area contributed by atoms with Crippen LogP contribution in [-0.4, -0.2) is 25.5 Å². The van der Waals surface area contributed by atoms with Crippen LogP contribution in [-0.2, 0) is 11.2 Å². The Morgan fingerprint density at radius 1 is 1.47 bits per heavy atom. The summed E-state index contributed by atoms with van der Waals surface area (Å²) >= 11 is 5.84. The van der Waals surface area contributed by atoms with Crippen LogP contribution < -0.4 is 10.6 Å². The number of likely N-dealkylation sites (N-methyl/N-ethyl adjacent to an activating group) is 1. The minimum atomic E-state index is 0. The second-order valence-electron chi connectivity index (χ2n) is 3.80. The van der Waals surface area contributed by atoms with Gasteiger partial charge in [0.25, 0.3) is 0 Å². The summed E-state index contributed by atoms with van der Waals surface area (Å²) in [5, 5.41) is 6.58. The highest BCUT2D eigenvalue weighted by Crippen LogP contribution is 2.10. The smallest absolute Gasteiger partial charge is 0.224 e. The van der Waals surface area contributed by atoms with E-state index in [1.807, 2.05) is 32.2 Å². The van der Waals surface area contributed by atoms with Gasteiger partial charge in [0.15, 0.2) is 0 Å². The average Bonchev–Trinajstić information content (AvgIpc) is 2.26. The Morgan fingerprint density at radius 2 is 2.18 bits per heavy atom. The van der Waals surface area contributed by atoms with Crippen molar-refractivity contribution in [2.45, 2.75) is 19.4 Å². The van der Waals surface area contributed by atoms with E-state index in [0.717, 1.165) is 5.56 Å². The third-order valence-electron chi connectivity index (χ3n) is 2.35. The monoisotopic (exact) mass is 276 g/mol. The van der Waals surface area contributed by atoms with Crippen molar-refractivity contribution in [3.63, 3.8) is 0 Å². The molecule has 0 aromatic heterocycles. The highest BCUT2D eigenvalue weighted by Gasteiger charge is 2.05. The molecule has 0 aliphatic heterocycles. The third kappa shape index (κ3) is 6.51. The molecule has 3 nitrogen and oxygen atoms in total. The Bertz CT molecular complexity index is 358. The number of halogens is 2. The van der Waals surface area contributed by atoms with Crippen LogP contribution >= 0.6 is 24.0 Å². The molecule has 1 unspecified atom stereocenters. The van der Waals surface area contributed by atoms with Crippen LogP contribution in [0, 0.1) is 0 Å². The van der Waals surface area contributed by atoms with Gasteiger partial charge < -0.3 is 10.6 Å². The SMILES string of the molecule is CNC(C)CNC(=O)Cc1cccc(Cl)c1.Cl. The second kappa shape index (κ2) is 8.34. The van der Waals surface area contributed by atoms with Gasteiger partial charge in [-0.15, -0.1) is 12.4 Å². The van der Waals surface area contributed by atoms with Crippen molar-refractivity contribution in [2.24, 2.45) is 0 Å². The number of rotatable bonds is 5. The normalized spacial score (nSPS) is 11.5. The number of nitrogens with one attached hydrogen (secondary N) is 2. The summed E-state index contributed by atoms with van der Waals surface area (Å²) in [5.41, 5.74) is 0.933. The predicted molar refractivity (Wildman–Crippen MR) is 73.9 cm³/mol. The number of benzene rings is 1. The molecule has 0 saturated heterocycles. The Morgan fingerprint density at radius 3 is 2.76 bits per heavy atom. The zero-order valence-corrected chi connectivity index (χ0v) is 11.6. The summed E-state index contributed by atoms with van der Waals surface area (Å²) < 4.78 is 0. The van der Waals surface area contributed by atoms with E-state index in [2.05, 4.69) is 10.6 Å². The molecule has 17 heavy (non-hydrogen) atoms. The fourth-order valence-corrected chi connectivity index (χ4v) is 1.48. The Balaban J connectivity index is 0.00000256. The molecule has 1 amide bonds. The molecule has 1 aromatic carbocycles. The van der Waals surface area contributed by atoms with E-state index in [4.69, 9.17) is 11.6 Å². The maximum atomic E-state index is 11.6. The molecule has 0 aliphatic rings. The third-order valence-corrected chi connectivity index (χ3v) is 2.59. The lowest BCUT2D eigenvalue weighted by Gasteiger charge is -2.11. The first-order valence-electron chi connectivity index (χ1n) is 5.30. The van der Waals surface area contributed by atoms with Crippen LogP contribution in [0.2, 0.25) is 5.02 Å². The molecule has 0 saturated carbocycles. The van der Waals surface area contributed by atoms with Crippen molar-refractivity contribution in [3.05, 3.63) is 34.9 Å². The summed E-state index contributed by atoms with van der Waals surface area (Å²) in [6, 6.07) is 7.63. The molecule has 1 rings (SSSR count). The van der Waals surface area contributed by atoms with Gasteiger partial charge in [0, 0.05) is 17.6 Å². The van der Waals surface area contributed by atoms with Gasteiger partial charge in [-0.2, -0.15) is 0 Å². The summed E-state index contributed by atoms with van der Waals surface area (Å²) in [7, 11) is 1.87. The maximum absolute atomic E-state index is 11.6. The van der Waals surface area contributed by atoms with Gasteiger partial charge >= 0.3 is 0 Å².